The van der Waals surface area contributed by atoms with E-state index in [0.717, 1.165) is 38.5 Å². The Morgan fingerprint density at radius 3 is 1.57 bits per heavy atom. The maximum absolute atomic E-state index is 6.48. The molecule has 2 heterocycles. The maximum atomic E-state index is 6.48. The first-order valence-corrected chi connectivity index (χ1v) is 15.0. The van der Waals surface area contributed by atoms with Crippen LogP contribution in [0, 0.1) is 0 Å². The van der Waals surface area contributed by atoms with Crippen LogP contribution < -0.4 is 0 Å². The van der Waals surface area contributed by atoms with E-state index in [-0.39, 0.29) is 0 Å². The second-order valence-corrected chi connectivity index (χ2v) is 11.4. The van der Waals surface area contributed by atoms with E-state index in [4.69, 9.17) is 4.42 Å². The van der Waals surface area contributed by atoms with Crippen molar-refractivity contribution in [2.45, 2.75) is 0 Å². The molecular weight excluding hydrogens is 534 g/mol. The molecule has 2 aromatic heterocycles. The molecule has 9 aromatic rings. The largest absolute Gasteiger partial charge is 0.455 e. The van der Waals surface area contributed by atoms with Crippen LogP contribution >= 0.6 is 0 Å². The maximum Gasteiger partial charge on any atom is 0.145 e. The molecule has 7 aromatic carbocycles. The van der Waals surface area contributed by atoms with E-state index in [9.17, 15) is 0 Å². The van der Waals surface area contributed by atoms with Gasteiger partial charge in [-0.15, -0.1) is 0 Å². The lowest BCUT2D eigenvalue weighted by Gasteiger charge is -2.13. The lowest BCUT2D eigenvalue weighted by Crippen LogP contribution is -1.94. The third-order valence-electron chi connectivity index (χ3n) is 8.79. The SMILES string of the molecule is c1ccc(-c2cc(-c3ccccc3)cc(-c3ccc(-n4c5ccccc5c5c6oc7ccccc7c6ccc54)cc3)c2)cc1. The van der Waals surface area contributed by atoms with Crippen molar-refractivity contribution in [3.63, 3.8) is 0 Å². The molecule has 206 valence electrons. The van der Waals surface area contributed by atoms with Gasteiger partial charge in [-0.25, -0.2) is 0 Å². The fraction of sp³-hybridized carbons (Fsp3) is 0. The predicted octanol–water partition coefficient (Wildman–Crippen LogP) is 11.7. The van der Waals surface area contributed by atoms with Gasteiger partial charge in [-0.3, -0.25) is 0 Å². The normalized spacial score (nSPS) is 11.6. The summed E-state index contributed by atoms with van der Waals surface area (Å²) in [7, 11) is 0. The van der Waals surface area contributed by atoms with E-state index in [1.165, 1.54) is 44.3 Å². The van der Waals surface area contributed by atoms with Gasteiger partial charge in [0, 0.05) is 21.8 Å². The van der Waals surface area contributed by atoms with Crippen molar-refractivity contribution < 1.29 is 4.42 Å². The number of rotatable bonds is 4. The molecule has 0 fully saturated rings. The Bertz CT molecular complexity index is 2410. The zero-order chi connectivity index (χ0) is 29.0. The highest BCUT2D eigenvalue weighted by atomic mass is 16.3. The molecule has 2 nitrogen and oxygen atoms in total. The third-order valence-corrected chi connectivity index (χ3v) is 8.79. The molecule has 44 heavy (non-hydrogen) atoms. The molecule has 2 heteroatoms. The molecular formula is C42H27NO. The highest BCUT2D eigenvalue weighted by molar-refractivity contribution is 6.23. The number of benzene rings is 7. The van der Waals surface area contributed by atoms with Crippen LogP contribution in [-0.2, 0) is 0 Å². The summed E-state index contributed by atoms with van der Waals surface area (Å²) < 4.78 is 8.84. The first-order valence-electron chi connectivity index (χ1n) is 15.0. The number of hydrogen-bond donors (Lipinski definition) is 0. The van der Waals surface area contributed by atoms with Gasteiger partial charge in [-0.05, 0) is 88.0 Å². The third kappa shape index (κ3) is 3.89. The van der Waals surface area contributed by atoms with E-state index < -0.39 is 0 Å². The van der Waals surface area contributed by atoms with Gasteiger partial charge in [0.1, 0.15) is 11.2 Å². The van der Waals surface area contributed by atoms with E-state index in [1.807, 2.05) is 6.07 Å². The van der Waals surface area contributed by atoms with Crippen molar-refractivity contribution in [2.24, 2.45) is 0 Å². The Hall–Kier alpha value is -5.86. The lowest BCUT2D eigenvalue weighted by molar-refractivity contribution is 0.673. The Labute approximate surface area is 255 Å². The second-order valence-electron chi connectivity index (χ2n) is 11.4. The molecule has 0 radical (unpaired) electrons. The molecule has 0 aliphatic rings. The second kappa shape index (κ2) is 9.86. The first-order chi connectivity index (χ1) is 21.8. The Morgan fingerprint density at radius 1 is 0.364 bits per heavy atom. The smallest absolute Gasteiger partial charge is 0.145 e. The minimum absolute atomic E-state index is 0.920. The van der Waals surface area contributed by atoms with E-state index in [0.29, 0.717) is 0 Å². The van der Waals surface area contributed by atoms with Crippen LogP contribution in [0.5, 0.6) is 0 Å². The molecule has 0 N–H and O–H groups in total. The molecule has 0 saturated carbocycles. The fourth-order valence-corrected chi connectivity index (χ4v) is 6.70. The minimum Gasteiger partial charge on any atom is -0.455 e. The minimum atomic E-state index is 0.920. The molecule has 0 bridgehead atoms. The Kier molecular flexibility index (Phi) is 5.54. The summed E-state index contributed by atoms with van der Waals surface area (Å²) in [4.78, 5) is 0. The molecule has 9 rings (SSSR count). The highest BCUT2D eigenvalue weighted by Crippen LogP contribution is 2.41. The van der Waals surface area contributed by atoms with Crippen LogP contribution in [0.2, 0.25) is 0 Å². The molecule has 0 aliphatic carbocycles. The summed E-state index contributed by atoms with van der Waals surface area (Å²) in [6.07, 6.45) is 0. The Balaban J connectivity index is 1.21. The van der Waals surface area contributed by atoms with Gasteiger partial charge in [-0.2, -0.15) is 0 Å². The Morgan fingerprint density at radius 2 is 0.909 bits per heavy atom. The lowest BCUT2D eigenvalue weighted by atomic mass is 9.93. The van der Waals surface area contributed by atoms with Crippen LogP contribution in [0.15, 0.2) is 168 Å². The summed E-state index contributed by atoms with van der Waals surface area (Å²) >= 11 is 0. The molecule has 0 spiro atoms. The predicted molar refractivity (Wildman–Crippen MR) is 184 cm³/mol. The number of hydrogen-bond acceptors (Lipinski definition) is 1. The average Bonchev–Trinajstić information content (AvgIpc) is 3.65. The highest BCUT2D eigenvalue weighted by Gasteiger charge is 2.18. The van der Waals surface area contributed by atoms with E-state index in [2.05, 4.69) is 162 Å². The summed E-state index contributed by atoms with van der Waals surface area (Å²) in [5.74, 6) is 0. The number of aromatic nitrogens is 1. The van der Waals surface area contributed by atoms with Crippen molar-refractivity contribution in [3.8, 4) is 39.1 Å². The summed E-state index contributed by atoms with van der Waals surface area (Å²) in [5.41, 5.74) is 12.5. The van der Waals surface area contributed by atoms with Gasteiger partial charge in [0.2, 0.25) is 0 Å². The molecule has 0 saturated heterocycles. The van der Waals surface area contributed by atoms with Crippen LogP contribution in [0.25, 0.3) is 82.8 Å². The van der Waals surface area contributed by atoms with Crippen LogP contribution in [0.1, 0.15) is 0 Å². The van der Waals surface area contributed by atoms with Gasteiger partial charge in [0.25, 0.3) is 0 Å². The van der Waals surface area contributed by atoms with E-state index >= 15 is 0 Å². The summed E-state index contributed by atoms with van der Waals surface area (Å²) in [6, 6.07) is 58.5. The van der Waals surface area contributed by atoms with Crippen molar-refractivity contribution in [1.29, 1.82) is 0 Å². The number of nitrogens with zero attached hydrogens (tertiary/aromatic N) is 1. The monoisotopic (exact) mass is 561 g/mol. The molecule has 0 aliphatic heterocycles. The van der Waals surface area contributed by atoms with Crippen LogP contribution in [-0.4, -0.2) is 4.57 Å². The number of para-hydroxylation sites is 2. The quantitative estimate of drug-likeness (QED) is 0.209. The first kappa shape index (κ1) is 24.7. The van der Waals surface area contributed by atoms with Crippen LogP contribution in [0.4, 0.5) is 0 Å². The molecule has 0 amide bonds. The van der Waals surface area contributed by atoms with Gasteiger partial charge in [0.05, 0.1) is 16.4 Å². The molecule has 0 unspecified atom stereocenters. The topological polar surface area (TPSA) is 18.1 Å². The van der Waals surface area contributed by atoms with Gasteiger partial charge >= 0.3 is 0 Å². The number of fused-ring (bicyclic) bond motifs is 7. The van der Waals surface area contributed by atoms with Crippen molar-refractivity contribution in [1.82, 2.24) is 4.57 Å². The van der Waals surface area contributed by atoms with Crippen molar-refractivity contribution in [3.05, 3.63) is 164 Å². The van der Waals surface area contributed by atoms with Crippen molar-refractivity contribution in [2.75, 3.05) is 0 Å². The van der Waals surface area contributed by atoms with Gasteiger partial charge in [-0.1, -0.05) is 109 Å². The molecule has 0 atom stereocenters. The zero-order valence-electron chi connectivity index (χ0n) is 23.9. The number of furan rings is 1. The van der Waals surface area contributed by atoms with Gasteiger partial charge in [0.15, 0.2) is 0 Å². The fourth-order valence-electron chi connectivity index (χ4n) is 6.70. The van der Waals surface area contributed by atoms with Gasteiger partial charge < -0.3 is 8.98 Å². The standard InChI is InChI=1S/C42H27NO/c1-3-11-28(12-4-1)31-25-32(29-13-5-2-6-14-29)27-33(26-31)30-19-21-34(22-20-30)43-38-17-9-7-16-37(38)41-39(43)24-23-36-35-15-8-10-18-40(35)44-42(36)41/h1-27H. The van der Waals surface area contributed by atoms with E-state index in [1.54, 1.807) is 0 Å². The summed E-state index contributed by atoms with van der Waals surface area (Å²) in [6.45, 7) is 0. The average molecular weight is 562 g/mol. The zero-order valence-corrected chi connectivity index (χ0v) is 23.9. The summed E-state index contributed by atoms with van der Waals surface area (Å²) in [5, 5.41) is 4.65. The van der Waals surface area contributed by atoms with Crippen molar-refractivity contribution >= 4 is 43.7 Å². The van der Waals surface area contributed by atoms with Crippen LogP contribution in [0.3, 0.4) is 0 Å².